The summed E-state index contributed by atoms with van der Waals surface area (Å²) < 4.78 is 26.0. The quantitative estimate of drug-likeness (QED) is 0.866. The minimum atomic E-state index is -1.45. The molecule has 5 heteroatoms. The van der Waals surface area contributed by atoms with E-state index in [2.05, 4.69) is 0 Å². The van der Waals surface area contributed by atoms with Gasteiger partial charge in [-0.25, -0.2) is 4.39 Å². The molecule has 0 aliphatic heterocycles. The van der Waals surface area contributed by atoms with Crippen LogP contribution in [0.1, 0.15) is 11.1 Å². The molecule has 0 N–H and O–H groups in total. The highest BCUT2D eigenvalue weighted by atomic mass is 35.5. The third-order valence-electron chi connectivity index (χ3n) is 2.57. The molecule has 19 heavy (non-hydrogen) atoms. The van der Waals surface area contributed by atoms with Crippen molar-refractivity contribution in [1.29, 1.82) is 5.26 Å². The van der Waals surface area contributed by atoms with Crippen molar-refractivity contribution >= 4 is 22.4 Å². The van der Waals surface area contributed by atoms with E-state index in [1.165, 1.54) is 12.1 Å². The summed E-state index contributed by atoms with van der Waals surface area (Å²) in [6.45, 7) is 0. The standard InChI is InChI=1S/C14H9ClFNOS/c15-12-6-1-2-7-13(12)19(18)9-11-5-3-4-10(8-17)14(11)16/h1-7H,9H2. The smallest absolute Gasteiger partial charge is 0.145 e. The Labute approximate surface area is 117 Å². The van der Waals surface area contributed by atoms with Gasteiger partial charge >= 0.3 is 0 Å². The van der Waals surface area contributed by atoms with Crippen molar-refractivity contribution in [3.05, 3.63) is 64.4 Å². The highest BCUT2D eigenvalue weighted by Crippen LogP contribution is 2.22. The molecule has 96 valence electrons. The molecule has 0 amide bonds. The molecule has 0 fully saturated rings. The van der Waals surface area contributed by atoms with Gasteiger partial charge < -0.3 is 0 Å². The van der Waals surface area contributed by atoms with Gasteiger partial charge in [-0.05, 0) is 18.2 Å². The molecule has 0 heterocycles. The molecule has 1 unspecified atom stereocenters. The fraction of sp³-hybridized carbons (Fsp3) is 0.0714. The van der Waals surface area contributed by atoms with Crippen LogP contribution in [0, 0.1) is 17.1 Å². The third kappa shape index (κ3) is 3.01. The van der Waals surface area contributed by atoms with Crippen molar-refractivity contribution in [1.82, 2.24) is 0 Å². The maximum Gasteiger partial charge on any atom is 0.145 e. The topological polar surface area (TPSA) is 40.9 Å². The SMILES string of the molecule is N#Cc1cccc(CS(=O)c2ccccc2Cl)c1F. The average molecular weight is 294 g/mol. The summed E-state index contributed by atoms with van der Waals surface area (Å²) in [5.41, 5.74) is 0.200. The number of benzene rings is 2. The lowest BCUT2D eigenvalue weighted by molar-refractivity contribution is 0.611. The average Bonchev–Trinajstić information content (AvgIpc) is 2.41. The van der Waals surface area contributed by atoms with Crippen LogP contribution in [0.5, 0.6) is 0 Å². The Hall–Kier alpha value is -1.70. The van der Waals surface area contributed by atoms with E-state index in [0.29, 0.717) is 9.92 Å². The molecule has 0 aromatic heterocycles. The zero-order valence-electron chi connectivity index (χ0n) is 9.77. The summed E-state index contributed by atoms with van der Waals surface area (Å²) >= 11 is 5.94. The number of nitriles is 1. The first-order valence-corrected chi connectivity index (χ1v) is 7.13. The molecule has 0 saturated heterocycles. The first kappa shape index (κ1) is 13.7. The van der Waals surface area contributed by atoms with Gasteiger partial charge in [0, 0.05) is 5.56 Å². The van der Waals surface area contributed by atoms with Crippen molar-refractivity contribution in [2.75, 3.05) is 0 Å². The Morgan fingerprint density at radius 3 is 2.63 bits per heavy atom. The molecule has 0 aliphatic rings. The largest absolute Gasteiger partial charge is 0.254 e. The third-order valence-corrected chi connectivity index (χ3v) is 4.43. The zero-order valence-corrected chi connectivity index (χ0v) is 11.3. The maximum absolute atomic E-state index is 13.9. The second kappa shape index (κ2) is 5.96. The molecule has 2 rings (SSSR count). The number of halogens is 2. The Morgan fingerprint density at radius 2 is 1.95 bits per heavy atom. The van der Waals surface area contributed by atoms with E-state index in [0.717, 1.165) is 0 Å². The van der Waals surface area contributed by atoms with Gasteiger partial charge in [0.2, 0.25) is 0 Å². The fourth-order valence-electron chi connectivity index (χ4n) is 1.63. The summed E-state index contributed by atoms with van der Waals surface area (Å²) in [5.74, 6) is -0.629. The molecule has 0 spiro atoms. The van der Waals surface area contributed by atoms with Gasteiger partial charge in [-0.2, -0.15) is 5.26 Å². The van der Waals surface area contributed by atoms with Crippen molar-refractivity contribution in [2.24, 2.45) is 0 Å². The van der Waals surface area contributed by atoms with Crippen LogP contribution in [0.4, 0.5) is 4.39 Å². The molecule has 0 saturated carbocycles. The van der Waals surface area contributed by atoms with E-state index in [4.69, 9.17) is 16.9 Å². The summed E-state index contributed by atoms with van der Waals surface area (Å²) in [5, 5.41) is 9.14. The molecule has 0 bridgehead atoms. The first-order chi connectivity index (χ1) is 9.13. The van der Waals surface area contributed by atoms with Crippen molar-refractivity contribution in [3.8, 4) is 6.07 Å². The van der Waals surface area contributed by atoms with E-state index in [-0.39, 0.29) is 16.9 Å². The minimum Gasteiger partial charge on any atom is -0.254 e. The number of hydrogen-bond acceptors (Lipinski definition) is 2. The van der Waals surface area contributed by atoms with Crippen LogP contribution in [0.3, 0.4) is 0 Å². The minimum absolute atomic E-state index is 0.00884. The lowest BCUT2D eigenvalue weighted by Gasteiger charge is -2.06. The summed E-state index contributed by atoms with van der Waals surface area (Å²) in [7, 11) is -1.45. The predicted octanol–water partition coefficient (Wildman–Crippen LogP) is 3.66. The van der Waals surface area contributed by atoms with Crippen LogP contribution in [0.25, 0.3) is 0 Å². The predicted molar refractivity (Wildman–Crippen MR) is 72.7 cm³/mol. The monoisotopic (exact) mass is 293 g/mol. The number of rotatable bonds is 3. The second-order valence-corrected chi connectivity index (χ2v) is 5.64. The fourth-order valence-corrected chi connectivity index (χ4v) is 3.20. The van der Waals surface area contributed by atoms with E-state index < -0.39 is 16.6 Å². The molecular weight excluding hydrogens is 285 g/mol. The Balaban J connectivity index is 2.31. The van der Waals surface area contributed by atoms with Crippen LogP contribution < -0.4 is 0 Å². The number of hydrogen-bond donors (Lipinski definition) is 0. The second-order valence-electron chi connectivity index (χ2n) is 3.81. The molecular formula is C14H9ClFNOS. The number of nitrogens with zero attached hydrogens (tertiary/aromatic N) is 1. The maximum atomic E-state index is 13.9. The first-order valence-electron chi connectivity index (χ1n) is 5.44. The highest BCUT2D eigenvalue weighted by Gasteiger charge is 2.13. The lowest BCUT2D eigenvalue weighted by Crippen LogP contribution is -2.01. The van der Waals surface area contributed by atoms with E-state index >= 15 is 0 Å². The van der Waals surface area contributed by atoms with Gasteiger partial charge in [-0.3, -0.25) is 4.21 Å². The van der Waals surface area contributed by atoms with E-state index in [1.54, 1.807) is 36.4 Å². The molecule has 0 aliphatic carbocycles. The highest BCUT2D eigenvalue weighted by molar-refractivity contribution is 7.84. The Bertz CT molecular complexity index is 681. The van der Waals surface area contributed by atoms with Gasteiger partial charge in [0.05, 0.1) is 32.0 Å². The van der Waals surface area contributed by atoms with Gasteiger partial charge in [-0.15, -0.1) is 0 Å². The van der Waals surface area contributed by atoms with Crippen molar-refractivity contribution in [3.63, 3.8) is 0 Å². The van der Waals surface area contributed by atoms with Gasteiger partial charge in [-0.1, -0.05) is 35.9 Å². The van der Waals surface area contributed by atoms with Gasteiger partial charge in [0.15, 0.2) is 0 Å². The lowest BCUT2D eigenvalue weighted by atomic mass is 10.1. The van der Waals surface area contributed by atoms with Crippen LogP contribution in [0.2, 0.25) is 5.02 Å². The summed E-state index contributed by atoms with van der Waals surface area (Å²) in [6.07, 6.45) is 0. The zero-order chi connectivity index (χ0) is 13.8. The molecule has 0 radical (unpaired) electrons. The van der Waals surface area contributed by atoms with E-state index in [9.17, 15) is 8.60 Å². The van der Waals surface area contributed by atoms with Crippen LogP contribution in [-0.2, 0) is 16.6 Å². The normalized spacial score (nSPS) is 11.8. The molecule has 2 nitrogen and oxygen atoms in total. The van der Waals surface area contributed by atoms with E-state index in [1.807, 2.05) is 0 Å². The molecule has 2 aromatic carbocycles. The van der Waals surface area contributed by atoms with Crippen LogP contribution >= 0.6 is 11.6 Å². The van der Waals surface area contributed by atoms with Crippen LogP contribution in [-0.4, -0.2) is 4.21 Å². The Kier molecular flexibility index (Phi) is 4.31. The summed E-state index contributed by atoms with van der Waals surface area (Å²) in [6, 6.07) is 13.0. The van der Waals surface area contributed by atoms with Crippen LogP contribution in [0.15, 0.2) is 47.4 Å². The molecule has 1 atom stereocenters. The molecule has 2 aromatic rings. The Morgan fingerprint density at radius 1 is 1.21 bits per heavy atom. The van der Waals surface area contributed by atoms with Crippen molar-refractivity contribution in [2.45, 2.75) is 10.6 Å². The van der Waals surface area contributed by atoms with Gasteiger partial charge in [0.25, 0.3) is 0 Å². The van der Waals surface area contributed by atoms with Gasteiger partial charge in [0.1, 0.15) is 11.9 Å². The van der Waals surface area contributed by atoms with Crippen molar-refractivity contribution < 1.29 is 8.60 Å². The summed E-state index contributed by atoms with van der Waals surface area (Å²) in [4.78, 5) is 0.464.